The van der Waals surface area contributed by atoms with Crippen LogP contribution >= 0.6 is 12.4 Å². The number of halogens is 1. The topological polar surface area (TPSA) is 82.3 Å². The third-order valence-corrected chi connectivity index (χ3v) is 4.25. The van der Waals surface area contributed by atoms with Crippen molar-refractivity contribution in [2.45, 2.75) is 57.0 Å². The van der Waals surface area contributed by atoms with Crippen molar-refractivity contribution in [3.8, 4) is 0 Å². The van der Waals surface area contributed by atoms with Crippen molar-refractivity contribution in [1.82, 2.24) is 21.3 Å². The highest BCUT2D eigenvalue weighted by Crippen LogP contribution is 2.29. The summed E-state index contributed by atoms with van der Waals surface area (Å²) in [5.74, 6) is -0.0325. The molecule has 1 saturated heterocycles. The highest BCUT2D eigenvalue weighted by molar-refractivity contribution is 5.91. The second-order valence-corrected chi connectivity index (χ2v) is 5.78. The molecule has 1 saturated carbocycles. The first-order valence-electron chi connectivity index (χ1n) is 7.74. The number of amides is 3. The molecule has 1 atom stereocenters. The second kappa shape index (κ2) is 8.44. The van der Waals surface area contributed by atoms with Crippen LogP contribution in [0.3, 0.4) is 0 Å². The van der Waals surface area contributed by atoms with Crippen molar-refractivity contribution in [1.29, 1.82) is 0 Å². The van der Waals surface area contributed by atoms with E-state index in [1.165, 1.54) is 6.42 Å². The largest absolute Gasteiger partial charge is 0.352 e. The Balaban J connectivity index is 0.00000220. The molecular formula is C14H27ClN4O2. The monoisotopic (exact) mass is 318 g/mol. The van der Waals surface area contributed by atoms with E-state index in [9.17, 15) is 9.59 Å². The van der Waals surface area contributed by atoms with Gasteiger partial charge in [-0.2, -0.15) is 0 Å². The van der Waals surface area contributed by atoms with E-state index in [0.29, 0.717) is 19.1 Å². The van der Waals surface area contributed by atoms with E-state index in [1.807, 2.05) is 6.92 Å². The van der Waals surface area contributed by atoms with Gasteiger partial charge >= 0.3 is 6.03 Å². The molecule has 0 aromatic heterocycles. The van der Waals surface area contributed by atoms with Crippen molar-refractivity contribution in [2.75, 3.05) is 19.6 Å². The standard InChI is InChI=1S/C14H26N4O2.ClH/c1-2-15-13(20)18-14(7-3-4-8-14)12(19)17-10-11-6-5-9-16-11;/h11,16H,2-10H2,1H3,(H,17,19)(H2,15,18,20);1H. The van der Waals surface area contributed by atoms with Gasteiger partial charge in [-0.05, 0) is 39.2 Å². The first-order valence-corrected chi connectivity index (χ1v) is 7.74. The number of urea groups is 1. The summed E-state index contributed by atoms with van der Waals surface area (Å²) in [5.41, 5.74) is -0.710. The van der Waals surface area contributed by atoms with Crippen molar-refractivity contribution in [3.05, 3.63) is 0 Å². The molecule has 2 rings (SSSR count). The molecule has 1 aliphatic heterocycles. The number of hydrogen-bond donors (Lipinski definition) is 4. The Bertz CT molecular complexity index is 353. The molecular weight excluding hydrogens is 292 g/mol. The number of hydrogen-bond acceptors (Lipinski definition) is 3. The third-order valence-electron chi connectivity index (χ3n) is 4.25. The first-order chi connectivity index (χ1) is 9.66. The van der Waals surface area contributed by atoms with E-state index < -0.39 is 5.54 Å². The van der Waals surface area contributed by atoms with Gasteiger partial charge in [0, 0.05) is 19.1 Å². The molecule has 2 fully saturated rings. The lowest BCUT2D eigenvalue weighted by Crippen LogP contribution is -2.60. The van der Waals surface area contributed by atoms with Gasteiger partial charge in [-0.15, -0.1) is 12.4 Å². The summed E-state index contributed by atoms with van der Waals surface area (Å²) in [5, 5.41) is 12.0. The fourth-order valence-electron chi connectivity index (χ4n) is 3.13. The molecule has 6 nitrogen and oxygen atoms in total. The summed E-state index contributed by atoms with van der Waals surface area (Å²) in [7, 11) is 0. The highest BCUT2D eigenvalue weighted by Gasteiger charge is 2.42. The Hall–Kier alpha value is -1.01. The maximum Gasteiger partial charge on any atom is 0.315 e. The van der Waals surface area contributed by atoms with Crippen molar-refractivity contribution in [2.24, 2.45) is 0 Å². The molecule has 1 unspecified atom stereocenters. The van der Waals surface area contributed by atoms with Crippen molar-refractivity contribution < 1.29 is 9.59 Å². The zero-order valence-corrected chi connectivity index (χ0v) is 13.5. The second-order valence-electron chi connectivity index (χ2n) is 5.78. The van der Waals surface area contributed by atoms with Gasteiger partial charge in [0.15, 0.2) is 0 Å². The van der Waals surface area contributed by atoms with Crippen LogP contribution in [0.5, 0.6) is 0 Å². The minimum Gasteiger partial charge on any atom is -0.352 e. The van der Waals surface area contributed by atoms with Gasteiger partial charge in [0.05, 0.1) is 0 Å². The zero-order valence-electron chi connectivity index (χ0n) is 12.7. The Kier molecular flexibility index (Phi) is 7.25. The molecule has 0 aromatic carbocycles. The van der Waals surface area contributed by atoms with E-state index in [2.05, 4.69) is 21.3 Å². The van der Waals surface area contributed by atoms with E-state index in [0.717, 1.165) is 38.6 Å². The fourth-order valence-corrected chi connectivity index (χ4v) is 3.13. The van der Waals surface area contributed by atoms with Crippen molar-refractivity contribution in [3.63, 3.8) is 0 Å². The lowest BCUT2D eigenvalue weighted by atomic mass is 9.96. The summed E-state index contributed by atoms with van der Waals surface area (Å²) in [6.07, 6.45) is 5.71. The van der Waals surface area contributed by atoms with Crippen LogP contribution in [0.1, 0.15) is 45.4 Å². The first kappa shape index (κ1) is 18.0. The molecule has 7 heteroatoms. The summed E-state index contributed by atoms with van der Waals surface area (Å²) in [6, 6.07) is 0.130. The molecule has 1 heterocycles. The summed E-state index contributed by atoms with van der Waals surface area (Å²) >= 11 is 0. The highest BCUT2D eigenvalue weighted by atomic mass is 35.5. The summed E-state index contributed by atoms with van der Waals surface area (Å²) in [6.45, 7) is 4.11. The number of rotatable bonds is 5. The molecule has 1 aliphatic carbocycles. The number of nitrogens with one attached hydrogen (secondary N) is 4. The quantitative estimate of drug-likeness (QED) is 0.608. The van der Waals surface area contributed by atoms with Crippen LogP contribution in [0.2, 0.25) is 0 Å². The Morgan fingerprint density at radius 2 is 1.90 bits per heavy atom. The molecule has 2 aliphatic rings. The smallest absolute Gasteiger partial charge is 0.315 e. The van der Waals surface area contributed by atoms with Crippen LogP contribution < -0.4 is 21.3 Å². The van der Waals surface area contributed by atoms with Crippen molar-refractivity contribution >= 4 is 24.3 Å². The minimum atomic E-state index is -0.710. The van der Waals surface area contributed by atoms with Gasteiger partial charge in [0.25, 0.3) is 0 Å². The van der Waals surface area contributed by atoms with Crippen LogP contribution in [0.15, 0.2) is 0 Å². The molecule has 0 bridgehead atoms. The minimum absolute atomic E-state index is 0. The maximum atomic E-state index is 12.5. The van der Waals surface area contributed by atoms with Gasteiger partial charge in [-0.3, -0.25) is 4.79 Å². The Labute approximate surface area is 132 Å². The van der Waals surface area contributed by atoms with Gasteiger partial charge in [0.2, 0.25) is 5.91 Å². The van der Waals surface area contributed by atoms with Gasteiger partial charge in [-0.1, -0.05) is 12.8 Å². The Morgan fingerprint density at radius 3 is 2.48 bits per heavy atom. The molecule has 0 radical (unpaired) electrons. The van der Waals surface area contributed by atoms with E-state index in [1.54, 1.807) is 0 Å². The van der Waals surface area contributed by atoms with Crippen LogP contribution in [0, 0.1) is 0 Å². The van der Waals surface area contributed by atoms with E-state index >= 15 is 0 Å². The van der Waals surface area contributed by atoms with Crippen LogP contribution in [0.25, 0.3) is 0 Å². The maximum absolute atomic E-state index is 12.5. The van der Waals surface area contributed by atoms with Gasteiger partial charge in [0.1, 0.15) is 5.54 Å². The predicted octanol–water partition coefficient (Wildman–Crippen LogP) is 0.908. The average Bonchev–Trinajstić information content (AvgIpc) is 3.07. The normalized spacial score (nSPS) is 23.2. The fraction of sp³-hybridized carbons (Fsp3) is 0.857. The average molecular weight is 319 g/mol. The van der Waals surface area contributed by atoms with E-state index in [-0.39, 0.29) is 24.3 Å². The SMILES string of the molecule is CCNC(=O)NC1(C(=O)NCC2CCCN2)CCCC1.Cl. The van der Waals surface area contributed by atoms with Crippen LogP contribution in [0.4, 0.5) is 4.79 Å². The molecule has 0 spiro atoms. The lowest BCUT2D eigenvalue weighted by Gasteiger charge is -2.29. The zero-order chi connectivity index (χ0) is 14.4. The lowest BCUT2D eigenvalue weighted by molar-refractivity contribution is -0.127. The molecule has 21 heavy (non-hydrogen) atoms. The molecule has 122 valence electrons. The van der Waals surface area contributed by atoms with Gasteiger partial charge < -0.3 is 21.3 Å². The third kappa shape index (κ3) is 4.74. The number of carbonyl (C=O) groups is 2. The molecule has 3 amide bonds. The summed E-state index contributed by atoms with van der Waals surface area (Å²) < 4.78 is 0. The van der Waals surface area contributed by atoms with Crippen LogP contribution in [-0.2, 0) is 4.79 Å². The summed E-state index contributed by atoms with van der Waals surface area (Å²) in [4.78, 5) is 24.2. The van der Waals surface area contributed by atoms with E-state index in [4.69, 9.17) is 0 Å². The molecule has 4 N–H and O–H groups in total. The molecule has 0 aromatic rings. The number of carbonyl (C=O) groups excluding carboxylic acids is 2. The Morgan fingerprint density at radius 1 is 1.19 bits per heavy atom. The van der Waals surface area contributed by atoms with Gasteiger partial charge in [-0.25, -0.2) is 4.79 Å². The predicted molar refractivity (Wildman–Crippen MR) is 84.7 cm³/mol. The van der Waals surface area contributed by atoms with Crippen LogP contribution in [-0.4, -0.2) is 43.2 Å².